The van der Waals surface area contributed by atoms with Gasteiger partial charge in [-0.1, -0.05) is 35.5 Å². The molecule has 2 aromatic heterocycles. The Labute approximate surface area is 136 Å². The minimum Gasteiger partial charge on any atom is -0.332 e. The van der Waals surface area contributed by atoms with Crippen molar-refractivity contribution in [3.8, 4) is 22.8 Å². The summed E-state index contributed by atoms with van der Waals surface area (Å²) in [7, 11) is 1.91. The van der Waals surface area contributed by atoms with E-state index < -0.39 is 0 Å². The van der Waals surface area contributed by atoms with Crippen molar-refractivity contribution in [2.75, 3.05) is 7.05 Å². The van der Waals surface area contributed by atoms with E-state index >= 15 is 0 Å². The van der Waals surface area contributed by atoms with Gasteiger partial charge in [-0.15, -0.1) is 0 Å². The summed E-state index contributed by atoms with van der Waals surface area (Å²) in [6.07, 6.45) is 0.706. The van der Waals surface area contributed by atoms with Crippen LogP contribution in [-0.2, 0) is 6.42 Å². The molecule has 0 saturated carbocycles. The summed E-state index contributed by atoms with van der Waals surface area (Å²) in [4.78, 5) is 4.42. The third kappa shape index (κ3) is 2.95. The fourth-order valence-corrected chi connectivity index (χ4v) is 2.65. The Bertz CT molecular complexity index is 752. The van der Waals surface area contributed by atoms with Gasteiger partial charge in [-0.25, -0.2) is 0 Å². The smallest absolute Gasteiger partial charge is 0.277 e. The summed E-state index contributed by atoms with van der Waals surface area (Å²) in [5, 5.41) is 14.5. The van der Waals surface area contributed by atoms with Crippen LogP contribution in [0.4, 0.5) is 0 Å². The molecule has 3 aromatic rings. The van der Waals surface area contributed by atoms with Crippen molar-refractivity contribution in [1.29, 1.82) is 0 Å². The van der Waals surface area contributed by atoms with Crippen LogP contribution in [0.15, 0.2) is 39.3 Å². The van der Waals surface area contributed by atoms with Crippen LogP contribution in [0.5, 0.6) is 0 Å². The minimum atomic E-state index is 0.288. The van der Waals surface area contributed by atoms with Gasteiger partial charge in [0.1, 0.15) is 11.4 Å². The molecule has 0 radical (unpaired) electrons. The van der Waals surface area contributed by atoms with Gasteiger partial charge in [0, 0.05) is 18.0 Å². The SMILES string of the molecule is CNC(C)Cc1noc(-c2[nH]nc(-c3ccccc3)c2Br)n1. The topological polar surface area (TPSA) is 79.6 Å². The molecule has 3 rings (SSSR count). The zero-order valence-corrected chi connectivity index (χ0v) is 13.9. The number of hydrogen-bond acceptors (Lipinski definition) is 5. The van der Waals surface area contributed by atoms with Crippen molar-refractivity contribution in [1.82, 2.24) is 25.7 Å². The Morgan fingerprint density at radius 3 is 2.82 bits per heavy atom. The van der Waals surface area contributed by atoms with Crippen LogP contribution < -0.4 is 5.32 Å². The molecule has 114 valence electrons. The second kappa shape index (κ2) is 6.41. The van der Waals surface area contributed by atoms with E-state index in [9.17, 15) is 0 Å². The van der Waals surface area contributed by atoms with E-state index in [1.807, 2.05) is 37.4 Å². The molecule has 7 heteroatoms. The molecule has 0 saturated heterocycles. The number of aromatic amines is 1. The van der Waals surface area contributed by atoms with Crippen molar-refractivity contribution in [3.63, 3.8) is 0 Å². The average Bonchev–Trinajstić information content (AvgIpc) is 3.14. The number of nitrogens with one attached hydrogen (secondary N) is 2. The van der Waals surface area contributed by atoms with Crippen LogP contribution in [0.25, 0.3) is 22.8 Å². The van der Waals surface area contributed by atoms with Crippen LogP contribution in [-0.4, -0.2) is 33.4 Å². The lowest BCUT2D eigenvalue weighted by atomic mass is 10.1. The van der Waals surface area contributed by atoms with Gasteiger partial charge < -0.3 is 9.84 Å². The van der Waals surface area contributed by atoms with E-state index in [1.165, 1.54) is 0 Å². The quantitative estimate of drug-likeness (QED) is 0.729. The molecular weight excluding hydrogens is 346 g/mol. The molecule has 0 fully saturated rings. The number of benzene rings is 1. The number of hydrogen-bond donors (Lipinski definition) is 2. The Hall–Kier alpha value is -1.99. The average molecular weight is 362 g/mol. The molecule has 0 spiro atoms. The highest BCUT2D eigenvalue weighted by Crippen LogP contribution is 2.33. The molecule has 6 nitrogen and oxygen atoms in total. The third-order valence-electron chi connectivity index (χ3n) is 3.42. The van der Waals surface area contributed by atoms with Crippen LogP contribution in [0.2, 0.25) is 0 Å². The molecule has 2 heterocycles. The van der Waals surface area contributed by atoms with Crippen LogP contribution >= 0.6 is 15.9 Å². The Kier molecular flexibility index (Phi) is 4.35. The highest BCUT2D eigenvalue weighted by molar-refractivity contribution is 9.10. The van der Waals surface area contributed by atoms with Crippen molar-refractivity contribution < 1.29 is 4.52 Å². The zero-order chi connectivity index (χ0) is 15.5. The lowest BCUT2D eigenvalue weighted by molar-refractivity contribution is 0.417. The van der Waals surface area contributed by atoms with Gasteiger partial charge in [0.25, 0.3) is 5.89 Å². The second-order valence-electron chi connectivity index (χ2n) is 5.04. The number of likely N-dealkylation sites (N-methyl/N-ethyl adjacent to an activating group) is 1. The largest absolute Gasteiger partial charge is 0.332 e. The van der Waals surface area contributed by atoms with Gasteiger partial charge in [0.2, 0.25) is 0 Å². The maximum Gasteiger partial charge on any atom is 0.277 e. The summed E-state index contributed by atoms with van der Waals surface area (Å²) < 4.78 is 6.15. The highest BCUT2D eigenvalue weighted by Gasteiger charge is 2.19. The molecule has 1 atom stereocenters. The molecule has 22 heavy (non-hydrogen) atoms. The first-order valence-corrected chi connectivity index (χ1v) is 7.78. The van der Waals surface area contributed by atoms with E-state index in [4.69, 9.17) is 4.52 Å². The highest BCUT2D eigenvalue weighted by atomic mass is 79.9. The Morgan fingerprint density at radius 2 is 2.09 bits per heavy atom. The van der Waals surface area contributed by atoms with Crippen molar-refractivity contribution in [3.05, 3.63) is 40.6 Å². The lowest BCUT2D eigenvalue weighted by Crippen LogP contribution is -2.24. The van der Waals surface area contributed by atoms with Gasteiger partial charge >= 0.3 is 0 Å². The van der Waals surface area contributed by atoms with E-state index in [2.05, 4.69) is 48.5 Å². The van der Waals surface area contributed by atoms with E-state index in [-0.39, 0.29) is 6.04 Å². The molecule has 1 aromatic carbocycles. The zero-order valence-electron chi connectivity index (χ0n) is 12.3. The molecule has 0 aliphatic heterocycles. The molecule has 1 unspecified atom stereocenters. The monoisotopic (exact) mass is 361 g/mol. The Morgan fingerprint density at radius 1 is 1.32 bits per heavy atom. The molecule has 0 aliphatic rings. The first-order valence-electron chi connectivity index (χ1n) is 6.98. The number of nitrogens with zero attached hydrogens (tertiary/aromatic N) is 3. The molecule has 0 amide bonds. The van der Waals surface area contributed by atoms with Gasteiger partial charge in [0.15, 0.2) is 5.82 Å². The molecule has 0 aliphatic carbocycles. The van der Waals surface area contributed by atoms with E-state index in [0.717, 1.165) is 15.7 Å². The minimum absolute atomic E-state index is 0.288. The van der Waals surface area contributed by atoms with Crippen molar-refractivity contribution >= 4 is 15.9 Å². The van der Waals surface area contributed by atoms with Crippen LogP contribution in [0.3, 0.4) is 0 Å². The normalized spacial score (nSPS) is 12.5. The van der Waals surface area contributed by atoms with Crippen molar-refractivity contribution in [2.45, 2.75) is 19.4 Å². The number of halogens is 1. The summed E-state index contributed by atoms with van der Waals surface area (Å²) in [5.74, 6) is 1.10. The van der Waals surface area contributed by atoms with Gasteiger partial charge in [0.05, 0.1) is 4.47 Å². The summed E-state index contributed by atoms with van der Waals surface area (Å²) in [6, 6.07) is 10.2. The van der Waals surface area contributed by atoms with Gasteiger partial charge in [-0.2, -0.15) is 10.1 Å². The number of H-pyrrole nitrogens is 1. The van der Waals surface area contributed by atoms with Crippen LogP contribution in [0.1, 0.15) is 12.7 Å². The standard InChI is InChI=1S/C15H16BrN5O/c1-9(17-2)8-11-18-15(22-21-11)14-12(16)13(19-20-14)10-6-4-3-5-7-10/h3-7,9,17H,8H2,1-2H3,(H,19,20). The first kappa shape index (κ1) is 14.9. The number of rotatable bonds is 5. The summed E-state index contributed by atoms with van der Waals surface area (Å²) in [6.45, 7) is 2.07. The molecule has 0 bridgehead atoms. The third-order valence-corrected chi connectivity index (χ3v) is 4.19. The lowest BCUT2D eigenvalue weighted by Gasteiger charge is -2.04. The predicted octanol–water partition coefficient (Wildman–Crippen LogP) is 3.04. The summed E-state index contributed by atoms with van der Waals surface area (Å²) in [5.41, 5.74) is 2.52. The maximum atomic E-state index is 5.34. The fraction of sp³-hybridized carbons (Fsp3) is 0.267. The predicted molar refractivity (Wildman–Crippen MR) is 87.2 cm³/mol. The number of aromatic nitrogens is 4. The summed E-state index contributed by atoms with van der Waals surface area (Å²) >= 11 is 3.56. The van der Waals surface area contributed by atoms with Gasteiger partial charge in [-0.3, -0.25) is 5.10 Å². The fourth-order valence-electron chi connectivity index (χ4n) is 2.07. The van der Waals surface area contributed by atoms with Gasteiger partial charge in [-0.05, 0) is 29.9 Å². The van der Waals surface area contributed by atoms with Crippen molar-refractivity contribution in [2.24, 2.45) is 0 Å². The molecule has 2 N–H and O–H groups in total. The van der Waals surface area contributed by atoms with E-state index in [0.29, 0.717) is 23.8 Å². The Balaban J connectivity index is 1.89. The second-order valence-corrected chi connectivity index (χ2v) is 5.83. The van der Waals surface area contributed by atoms with E-state index in [1.54, 1.807) is 0 Å². The first-order chi connectivity index (χ1) is 10.7. The van der Waals surface area contributed by atoms with Crippen LogP contribution in [0, 0.1) is 0 Å². The molecular formula is C15H16BrN5O. The maximum absolute atomic E-state index is 5.34.